The third-order valence-corrected chi connectivity index (χ3v) is 4.58. The van der Waals surface area contributed by atoms with E-state index in [9.17, 15) is 0 Å². The molecule has 1 N–H and O–H groups in total. The molecule has 1 heterocycles. The van der Waals surface area contributed by atoms with Crippen molar-refractivity contribution in [3.63, 3.8) is 0 Å². The lowest BCUT2D eigenvalue weighted by Gasteiger charge is -2.28. The Morgan fingerprint density at radius 3 is 2.68 bits per heavy atom. The number of anilines is 1. The van der Waals surface area contributed by atoms with Crippen LogP contribution in [0.3, 0.4) is 0 Å². The Hall–Kier alpha value is -0.380. The van der Waals surface area contributed by atoms with E-state index in [2.05, 4.69) is 42.3 Å². The minimum absolute atomic E-state index is 0.670. The first-order chi connectivity index (χ1) is 9.16. The number of nitrogens with one attached hydrogen (secondary N) is 1. The molecule has 1 aliphatic rings. The molecule has 0 spiro atoms. The molecule has 0 aliphatic carbocycles. The van der Waals surface area contributed by atoms with Crippen LogP contribution in [0.1, 0.15) is 19.4 Å². The largest absolute Gasteiger partial charge is 0.370 e. The molecule has 1 fully saturated rings. The Morgan fingerprint density at radius 2 is 2.05 bits per heavy atom. The molecule has 2 nitrogen and oxygen atoms in total. The number of thioether (sulfide) groups is 1. The molecule has 2 rings (SSSR count). The fourth-order valence-corrected chi connectivity index (χ4v) is 3.34. The minimum Gasteiger partial charge on any atom is -0.370 e. The first-order valence-electron chi connectivity index (χ1n) is 6.98. The van der Waals surface area contributed by atoms with Gasteiger partial charge < -0.3 is 10.2 Å². The van der Waals surface area contributed by atoms with Crippen molar-refractivity contribution in [2.75, 3.05) is 36.0 Å². The molecule has 0 atom stereocenters. The molecule has 0 bridgehead atoms. The molecule has 0 radical (unpaired) electrons. The van der Waals surface area contributed by atoms with Crippen LogP contribution in [0, 0.1) is 5.92 Å². The van der Waals surface area contributed by atoms with Gasteiger partial charge in [0, 0.05) is 41.8 Å². The molecular formula is C15H23ClN2S. The van der Waals surface area contributed by atoms with E-state index in [0.717, 1.165) is 31.2 Å². The molecule has 106 valence electrons. The highest BCUT2D eigenvalue weighted by atomic mass is 35.5. The molecule has 1 aromatic carbocycles. The van der Waals surface area contributed by atoms with Crippen LogP contribution < -0.4 is 10.2 Å². The molecule has 0 unspecified atom stereocenters. The summed E-state index contributed by atoms with van der Waals surface area (Å²) in [6.07, 6.45) is 0. The summed E-state index contributed by atoms with van der Waals surface area (Å²) in [5, 5.41) is 4.32. The third-order valence-electron chi connectivity index (χ3n) is 3.28. The molecular weight excluding hydrogens is 276 g/mol. The maximum atomic E-state index is 6.39. The van der Waals surface area contributed by atoms with Crippen molar-refractivity contribution >= 4 is 29.1 Å². The van der Waals surface area contributed by atoms with E-state index < -0.39 is 0 Å². The van der Waals surface area contributed by atoms with Gasteiger partial charge in [-0.3, -0.25) is 0 Å². The average molecular weight is 299 g/mol. The Bertz CT molecular complexity index is 403. The van der Waals surface area contributed by atoms with E-state index >= 15 is 0 Å². The Balaban J connectivity index is 1.96. The van der Waals surface area contributed by atoms with Crippen LogP contribution >= 0.6 is 23.4 Å². The summed E-state index contributed by atoms with van der Waals surface area (Å²) in [6, 6.07) is 6.48. The molecule has 0 aromatic heterocycles. The zero-order valence-electron chi connectivity index (χ0n) is 11.8. The second-order valence-electron chi connectivity index (χ2n) is 5.40. The fourth-order valence-electron chi connectivity index (χ4n) is 2.19. The van der Waals surface area contributed by atoms with Gasteiger partial charge in [0.1, 0.15) is 0 Å². The summed E-state index contributed by atoms with van der Waals surface area (Å²) in [4.78, 5) is 2.42. The monoisotopic (exact) mass is 298 g/mol. The van der Waals surface area contributed by atoms with Crippen LogP contribution in [-0.2, 0) is 6.54 Å². The van der Waals surface area contributed by atoms with Crippen LogP contribution in [0.4, 0.5) is 5.69 Å². The quantitative estimate of drug-likeness (QED) is 0.893. The van der Waals surface area contributed by atoms with Gasteiger partial charge in [-0.25, -0.2) is 0 Å². The molecule has 1 aliphatic heterocycles. The molecule has 4 heteroatoms. The van der Waals surface area contributed by atoms with Crippen LogP contribution in [-0.4, -0.2) is 31.1 Å². The fraction of sp³-hybridized carbons (Fsp3) is 0.600. The predicted molar refractivity (Wildman–Crippen MR) is 87.5 cm³/mol. The van der Waals surface area contributed by atoms with Crippen molar-refractivity contribution < 1.29 is 0 Å². The summed E-state index contributed by atoms with van der Waals surface area (Å²) >= 11 is 8.42. The first-order valence-corrected chi connectivity index (χ1v) is 8.52. The minimum atomic E-state index is 0.670. The van der Waals surface area contributed by atoms with Crippen molar-refractivity contribution in [1.82, 2.24) is 5.32 Å². The normalized spacial score (nSPS) is 16.1. The number of hydrogen-bond acceptors (Lipinski definition) is 3. The second kappa shape index (κ2) is 7.41. The molecule has 1 saturated heterocycles. The lowest BCUT2D eigenvalue weighted by molar-refractivity contribution is 0.552. The van der Waals surface area contributed by atoms with E-state index in [-0.39, 0.29) is 0 Å². The lowest BCUT2D eigenvalue weighted by atomic mass is 10.1. The number of halogens is 1. The van der Waals surface area contributed by atoms with Gasteiger partial charge in [0.2, 0.25) is 0 Å². The summed E-state index contributed by atoms with van der Waals surface area (Å²) < 4.78 is 0. The summed E-state index contributed by atoms with van der Waals surface area (Å²) in [5.74, 6) is 3.11. The Morgan fingerprint density at radius 1 is 1.32 bits per heavy atom. The predicted octanol–water partition coefficient (Wildman–Crippen LogP) is 3.64. The maximum Gasteiger partial charge on any atom is 0.0471 e. The van der Waals surface area contributed by atoms with E-state index in [1.54, 1.807) is 0 Å². The third kappa shape index (κ3) is 4.59. The number of hydrogen-bond donors (Lipinski definition) is 1. The highest BCUT2D eigenvalue weighted by Gasteiger charge is 2.12. The Kier molecular flexibility index (Phi) is 5.86. The van der Waals surface area contributed by atoms with Gasteiger partial charge in [-0.1, -0.05) is 31.5 Å². The number of rotatable bonds is 5. The topological polar surface area (TPSA) is 15.3 Å². The van der Waals surface area contributed by atoms with Crippen molar-refractivity contribution in [2.45, 2.75) is 20.4 Å². The zero-order chi connectivity index (χ0) is 13.7. The number of nitrogens with zero attached hydrogens (tertiary/aromatic N) is 1. The van der Waals surface area contributed by atoms with Gasteiger partial charge in [0.15, 0.2) is 0 Å². The van der Waals surface area contributed by atoms with Gasteiger partial charge in [0.25, 0.3) is 0 Å². The molecule has 19 heavy (non-hydrogen) atoms. The highest BCUT2D eigenvalue weighted by molar-refractivity contribution is 7.99. The highest BCUT2D eigenvalue weighted by Crippen LogP contribution is 2.25. The van der Waals surface area contributed by atoms with Crippen LogP contribution in [0.2, 0.25) is 5.02 Å². The van der Waals surface area contributed by atoms with Gasteiger partial charge in [-0.2, -0.15) is 11.8 Å². The van der Waals surface area contributed by atoms with Crippen LogP contribution in [0.15, 0.2) is 18.2 Å². The summed E-state index contributed by atoms with van der Waals surface area (Å²) in [5.41, 5.74) is 2.45. The lowest BCUT2D eigenvalue weighted by Crippen LogP contribution is -2.32. The van der Waals surface area contributed by atoms with E-state index in [4.69, 9.17) is 11.6 Å². The van der Waals surface area contributed by atoms with E-state index in [1.165, 1.54) is 22.8 Å². The van der Waals surface area contributed by atoms with Gasteiger partial charge in [-0.05, 0) is 30.2 Å². The average Bonchev–Trinajstić information content (AvgIpc) is 2.41. The standard InChI is InChI=1S/C15H23ClN2S/c1-12(2)10-17-11-13-3-4-14(9-15(13)16)18-5-7-19-8-6-18/h3-4,9,12,17H,5-8,10-11H2,1-2H3. The maximum absolute atomic E-state index is 6.39. The molecule has 1 aromatic rings. The van der Waals surface area contributed by atoms with Crippen LogP contribution in [0.5, 0.6) is 0 Å². The molecule has 0 saturated carbocycles. The Labute approximate surface area is 125 Å². The van der Waals surface area contributed by atoms with E-state index in [1.807, 2.05) is 11.8 Å². The smallest absolute Gasteiger partial charge is 0.0471 e. The van der Waals surface area contributed by atoms with Crippen molar-refractivity contribution in [2.24, 2.45) is 5.92 Å². The SMILES string of the molecule is CC(C)CNCc1ccc(N2CCSCC2)cc1Cl. The van der Waals surface area contributed by atoms with Gasteiger partial charge in [0.05, 0.1) is 0 Å². The number of benzene rings is 1. The van der Waals surface area contributed by atoms with Gasteiger partial charge >= 0.3 is 0 Å². The van der Waals surface area contributed by atoms with E-state index in [0.29, 0.717) is 5.92 Å². The molecule has 0 amide bonds. The summed E-state index contributed by atoms with van der Waals surface area (Å²) in [7, 11) is 0. The van der Waals surface area contributed by atoms with Crippen molar-refractivity contribution in [1.29, 1.82) is 0 Å². The van der Waals surface area contributed by atoms with Crippen molar-refractivity contribution in [3.05, 3.63) is 28.8 Å². The van der Waals surface area contributed by atoms with Crippen molar-refractivity contribution in [3.8, 4) is 0 Å². The summed E-state index contributed by atoms with van der Waals surface area (Å²) in [6.45, 7) is 8.57. The van der Waals surface area contributed by atoms with Crippen LogP contribution in [0.25, 0.3) is 0 Å². The zero-order valence-corrected chi connectivity index (χ0v) is 13.4. The first kappa shape index (κ1) is 15.0. The van der Waals surface area contributed by atoms with Gasteiger partial charge in [-0.15, -0.1) is 0 Å². The second-order valence-corrected chi connectivity index (χ2v) is 7.03.